The Balaban J connectivity index is 1.99. The number of amides is 3. The Morgan fingerprint density at radius 1 is 1.18 bits per heavy atom. The SMILES string of the molecule is CCc1ccccc1C1(C(=O)Nc2cc(F)c(Cl)cc2C(=O)NC)CN(C(=O)OC(C)(C)C)C1. The quantitative estimate of drug-likeness (QED) is 0.646. The molecule has 1 fully saturated rings. The average Bonchev–Trinajstić information content (AvgIpc) is 2.74. The largest absolute Gasteiger partial charge is 0.444 e. The fraction of sp³-hybridized carbons (Fsp3) is 0.400. The Morgan fingerprint density at radius 3 is 2.41 bits per heavy atom. The molecule has 0 aliphatic carbocycles. The molecule has 182 valence electrons. The summed E-state index contributed by atoms with van der Waals surface area (Å²) in [4.78, 5) is 40.1. The van der Waals surface area contributed by atoms with Crippen LogP contribution in [0.1, 0.15) is 49.2 Å². The normalized spacial score (nSPS) is 14.7. The Kier molecular flexibility index (Phi) is 7.21. The van der Waals surface area contributed by atoms with Crippen molar-refractivity contribution in [2.24, 2.45) is 0 Å². The minimum absolute atomic E-state index is 0.00433. The first kappa shape index (κ1) is 25.5. The number of nitrogens with one attached hydrogen (secondary N) is 2. The van der Waals surface area contributed by atoms with Gasteiger partial charge >= 0.3 is 6.09 Å². The molecule has 0 saturated carbocycles. The molecule has 1 aliphatic heterocycles. The highest BCUT2D eigenvalue weighted by Crippen LogP contribution is 2.39. The van der Waals surface area contributed by atoms with Gasteiger partial charge in [0.15, 0.2) is 0 Å². The second-order valence-electron chi connectivity index (χ2n) is 9.27. The Bertz CT molecular complexity index is 1120. The molecule has 3 rings (SSSR count). The maximum absolute atomic E-state index is 14.3. The molecule has 0 bridgehead atoms. The van der Waals surface area contributed by atoms with Crippen LogP contribution < -0.4 is 10.6 Å². The van der Waals surface area contributed by atoms with Gasteiger partial charge in [-0.3, -0.25) is 9.59 Å². The van der Waals surface area contributed by atoms with Crippen LogP contribution in [0.5, 0.6) is 0 Å². The van der Waals surface area contributed by atoms with Gasteiger partial charge in [-0.15, -0.1) is 0 Å². The van der Waals surface area contributed by atoms with E-state index in [9.17, 15) is 18.8 Å². The van der Waals surface area contributed by atoms with E-state index in [0.29, 0.717) is 6.42 Å². The molecule has 0 spiro atoms. The van der Waals surface area contributed by atoms with E-state index in [1.807, 2.05) is 31.2 Å². The number of nitrogens with zero attached hydrogens (tertiary/aromatic N) is 1. The van der Waals surface area contributed by atoms with E-state index in [4.69, 9.17) is 16.3 Å². The van der Waals surface area contributed by atoms with Crippen LogP contribution in [-0.4, -0.2) is 48.5 Å². The van der Waals surface area contributed by atoms with Gasteiger partial charge in [0.1, 0.15) is 16.8 Å². The van der Waals surface area contributed by atoms with Gasteiger partial charge in [0.2, 0.25) is 5.91 Å². The molecule has 1 aliphatic rings. The fourth-order valence-electron chi connectivity index (χ4n) is 4.01. The van der Waals surface area contributed by atoms with Crippen LogP contribution in [0, 0.1) is 5.82 Å². The van der Waals surface area contributed by atoms with Crippen molar-refractivity contribution in [3.05, 3.63) is 63.9 Å². The minimum Gasteiger partial charge on any atom is -0.444 e. The van der Waals surface area contributed by atoms with Crippen LogP contribution >= 0.6 is 11.6 Å². The van der Waals surface area contributed by atoms with Crippen molar-refractivity contribution in [3.8, 4) is 0 Å². The van der Waals surface area contributed by atoms with Crippen molar-refractivity contribution < 1.29 is 23.5 Å². The lowest BCUT2D eigenvalue weighted by Crippen LogP contribution is -2.67. The highest BCUT2D eigenvalue weighted by molar-refractivity contribution is 6.31. The first-order valence-corrected chi connectivity index (χ1v) is 11.4. The molecule has 3 amide bonds. The first-order chi connectivity index (χ1) is 15.9. The fourth-order valence-corrected chi connectivity index (χ4v) is 4.17. The molecule has 1 saturated heterocycles. The second kappa shape index (κ2) is 9.62. The first-order valence-electron chi connectivity index (χ1n) is 11.0. The van der Waals surface area contributed by atoms with Crippen LogP contribution in [0.25, 0.3) is 0 Å². The van der Waals surface area contributed by atoms with Crippen LogP contribution in [0.2, 0.25) is 5.02 Å². The highest BCUT2D eigenvalue weighted by Gasteiger charge is 2.54. The molecule has 2 aromatic carbocycles. The minimum atomic E-state index is -1.10. The number of hydrogen-bond donors (Lipinski definition) is 2. The third-order valence-electron chi connectivity index (χ3n) is 5.70. The van der Waals surface area contributed by atoms with E-state index < -0.39 is 34.7 Å². The summed E-state index contributed by atoms with van der Waals surface area (Å²) in [6, 6.07) is 9.69. The van der Waals surface area contributed by atoms with Gasteiger partial charge in [0.05, 0.1) is 16.3 Å². The van der Waals surface area contributed by atoms with Crippen molar-refractivity contribution in [1.82, 2.24) is 10.2 Å². The van der Waals surface area contributed by atoms with Gasteiger partial charge in [-0.1, -0.05) is 42.8 Å². The number of anilines is 1. The molecule has 7 nitrogen and oxygen atoms in total. The van der Waals surface area contributed by atoms with E-state index in [2.05, 4.69) is 10.6 Å². The Hall–Kier alpha value is -3.13. The number of ether oxygens (including phenoxy) is 1. The maximum Gasteiger partial charge on any atom is 0.410 e. The summed E-state index contributed by atoms with van der Waals surface area (Å²) in [5.74, 6) is -1.75. The van der Waals surface area contributed by atoms with Crippen molar-refractivity contribution in [2.45, 2.75) is 45.1 Å². The van der Waals surface area contributed by atoms with Crippen molar-refractivity contribution >= 4 is 35.2 Å². The van der Waals surface area contributed by atoms with Crippen LogP contribution in [-0.2, 0) is 21.4 Å². The standard InChI is InChI=1S/C25H29ClFN3O4/c1-6-15-9-7-8-10-17(15)25(13-30(14-25)23(33)34-24(2,3)4)22(32)29-20-12-19(27)18(26)11-16(20)21(31)28-5/h7-12H,6,13-14H2,1-5H3,(H,28,31)(H,29,32). The maximum atomic E-state index is 14.3. The summed E-state index contributed by atoms with van der Waals surface area (Å²) in [7, 11) is 1.43. The van der Waals surface area contributed by atoms with Gasteiger partial charge in [-0.05, 0) is 50.5 Å². The number of rotatable bonds is 5. The molecule has 0 radical (unpaired) electrons. The van der Waals surface area contributed by atoms with Crippen molar-refractivity contribution in [2.75, 3.05) is 25.5 Å². The number of carbonyl (C=O) groups excluding carboxylic acids is 3. The van der Waals surface area contributed by atoms with Gasteiger partial charge in [0.25, 0.3) is 5.91 Å². The number of carbonyl (C=O) groups is 3. The molecule has 0 aromatic heterocycles. The number of likely N-dealkylation sites (tertiary alicyclic amines) is 1. The lowest BCUT2D eigenvalue weighted by Gasteiger charge is -2.49. The van der Waals surface area contributed by atoms with Crippen LogP contribution in [0.4, 0.5) is 14.9 Å². The molecule has 9 heteroatoms. The van der Waals surface area contributed by atoms with E-state index in [1.165, 1.54) is 18.0 Å². The molecule has 2 N–H and O–H groups in total. The Morgan fingerprint density at radius 2 is 1.82 bits per heavy atom. The zero-order valence-corrected chi connectivity index (χ0v) is 20.7. The average molecular weight is 490 g/mol. The molecular weight excluding hydrogens is 461 g/mol. The van der Waals surface area contributed by atoms with Gasteiger partial charge in [0, 0.05) is 20.1 Å². The summed E-state index contributed by atoms with van der Waals surface area (Å²) in [6.45, 7) is 7.45. The van der Waals surface area contributed by atoms with Gasteiger partial charge in [-0.25, -0.2) is 9.18 Å². The van der Waals surface area contributed by atoms with Crippen molar-refractivity contribution in [3.63, 3.8) is 0 Å². The Labute approximate surface area is 203 Å². The topological polar surface area (TPSA) is 87.7 Å². The highest BCUT2D eigenvalue weighted by atomic mass is 35.5. The summed E-state index contributed by atoms with van der Waals surface area (Å²) in [5, 5.41) is 4.94. The zero-order valence-electron chi connectivity index (χ0n) is 19.9. The smallest absolute Gasteiger partial charge is 0.410 e. The number of aryl methyl sites for hydroxylation is 1. The zero-order chi connectivity index (χ0) is 25.3. The van der Waals surface area contributed by atoms with Crippen molar-refractivity contribution in [1.29, 1.82) is 0 Å². The van der Waals surface area contributed by atoms with E-state index in [0.717, 1.165) is 17.2 Å². The number of hydrogen-bond acceptors (Lipinski definition) is 4. The van der Waals surface area contributed by atoms with E-state index in [-0.39, 0.29) is 29.4 Å². The van der Waals surface area contributed by atoms with Crippen LogP contribution in [0.3, 0.4) is 0 Å². The summed E-state index contributed by atoms with van der Waals surface area (Å²) in [6.07, 6.45) is 0.157. The summed E-state index contributed by atoms with van der Waals surface area (Å²) < 4.78 is 19.7. The third kappa shape index (κ3) is 5.01. The number of benzene rings is 2. The molecule has 0 unspecified atom stereocenters. The second-order valence-corrected chi connectivity index (χ2v) is 9.68. The third-order valence-corrected chi connectivity index (χ3v) is 5.99. The van der Waals surface area contributed by atoms with E-state index >= 15 is 0 Å². The molecular formula is C25H29ClFN3O4. The molecule has 34 heavy (non-hydrogen) atoms. The van der Waals surface area contributed by atoms with E-state index in [1.54, 1.807) is 20.8 Å². The predicted octanol–water partition coefficient (Wildman–Crippen LogP) is 4.53. The predicted molar refractivity (Wildman–Crippen MR) is 129 cm³/mol. The van der Waals surface area contributed by atoms with Crippen LogP contribution in [0.15, 0.2) is 36.4 Å². The molecule has 1 heterocycles. The summed E-state index contributed by atoms with van der Waals surface area (Å²) in [5.41, 5.74) is -0.0252. The monoisotopic (exact) mass is 489 g/mol. The summed E-state index contributed by atoms with van der Waals surface area (Å²) >= 11 is 5.87. The molecule has 2 aromatic rings. The lowest BCUT2D eigenvalue weighted by atomic mass is 9.70. The molecule has 0 atom stereocenters. The van der Waals surface area contributed by atoms with Gasteiger partial charge < -0.3 is 20.3 Å². The van der Waals surface area contributed by atoms with Gasteiger partial charge in [-0.2, -0.15) is 0 Å². The lowest BCUT2D eigenvalue weighted by molar-refractivity contribution is -0.127. The number of halogens is 2.